The first-order chi connectivity index (χ1) is 8.52. The summed E-state index contributed by atoms with van der Waals surface area (Å²) in [6.07, 6.45) is 0. The van der Waals surface area contributed by atoms with Gasteiger partial charge in [0.25, 0.3) is 0 Å². The molecule has 0 spiro atoms. The molecule has 0 saturated carbocycles. The van der Waals surface area contributed by atoms with E-state index in [1.54, 1.807) is 32.0 Å². The van der Waals surface area contributed by atoms with E-state index >= 15 is 0 Å². The van der Waals surface area contributed by atoms with Gasteiger partial charge in [0, 0.05) is 0 Å². The Kier molecular flexibility index (Phi) is 5.21. The van der Waals surface area contributed by atoms with Crippen LogP contribution in [0.25, 0.3) is 5.57 Å². The largest absolute Gasteiger partial charge is 0.462 e. The zero-order valence-electron chi connectivity index (χ0n) is 9.96. The van der Waals surface area contributed by atoms with Gasteiger partial charge in [-0.05, 0) is 31.1 Å². The molecule has 0 aliphatic carbocycles. The summed E-state index contributed by atoms with van der Waals surface area (Å²) in [5.74, 6) is -0.659. The van der Waals surface area contributed by atoms with E-state index in [1.807, 2.05) is 6.07 Å². The minimum absolute atomic E-state index is 0.0685. The summed E-state index contributed by atoms with van der Waals surface area (Å²) in [5, 5.41) is 9.71. The van der Waals surface area contributed by atoms with Crippen LogP contribution in [0, 0.1) is 11.3 Å². The molecule has 0 radical (unpaired) electrons. The predicted molar refractivity (Wildman–Crippen MR) is 71.3 cm³/mol. The van der Waals surface area contributed by atoms with Crippen molar-refractivity contribution in [2.24, 2.45) is 0 Å². The lowest BCUT2D eigenvalue weighted by Crippen LogP contribution is -2.08. The Morgan fingerprint density at radius 3 is 2.67 bits per heavy atom. The van der Waals surface area contributed by atoms with Gasteiger partial charge < -0.3 is 4.74 Å². The smallest absolute Gasteiger partial charge is 0.349 e. The molecule has 0 aliphatic rings. The molecule has 0 N–H and O–H groups in total. The van der Waals surface area contributed by atoms with Crippen molar-refractivity contribution in [3.63, 3.8) is 0 Å². The SMILES string of the molecule is CCOC(=O)/C(C#N)=C(/C)c1cccc(Cl)c1Cl. The van der Waals surface area contributed by atoms with Crippen molar-refractivity contribution in [3.05, 3.63) is 39.4 Å². The first kappa shape index (κ1) is 14.6. The van der Waals surface area contributed by atoms with Crippen LogP contribution in [-0.2, 0) is 9.53 Å². The number of ether oxygens (including phenoxy) is 1. The van der Waals surface area contributed by atoms with E-state index < -0.39 is 5.97 Å². The summed E-state index contributed by atoms with van der Waals surface area (Å²) >= 11 is 11.9. The Morgan fingerprint density at radius 2 is 2.11 bits per heavy atom. The quantitative estimate of drug-likeness (QED) is 0.481. The summed E-state index contributed by atoms with van der Waals surface area (Å²) in [6, 6.07) is 6.87. The topological polar surface area (TPSA) is 50.1 Å². The molecule has 1 aromatic carbocycles. The molecule has 0 aromatic heterocycles. The Labute approximate surface area is 116 Å². The zero-order chi connectivity index (χ0) is 13.7. The van der Waals surface area contributed by atoms with Crippen molar-refractivity contribution in [1.29, 1.82) is 5.26 Å². The maximum atomic E-state index is 11.6. The molecule has 0 unspecified atom stereocenters. The Balaban J connectivity index is 3.33. The fourth-order valence-electron chi connectivity index (χ4n) is 1.41. The molecule has 0 fully saturated rings. The lowest BCUT2D eigenvalue weighted by atomic mass is 10.0. The van der Waals surface area contributed by atoms with Crippen LogP contribution in [0.4, 0.5) is 0 Å². The highest BCUT2D eigenvalue weighted by Crippen LogP contribution is 2.31. The third-order valence-electron chi connectivity index (χ3n) is 2.32. The van der Waals surface area contributed by atoms with Crippen LogP contribution in [0.5, 0.6) is 0 Å². The highest BCUT2D eigenvalue weighted by atomic mass is 35.5. The standard InChI is InChI=1S/C13H11Cl2NO2/c1-3-18-13(17)10(7-16)8(2)9-5-4-6-11(14)12(9)15/h4-6H,3H2,1-2H3/b10-8-. The van der Waals surface area contributed by atoms with Crippen molar-refractivity contribution in [2.45, 2.75) is 13.8 Å². The van der Waals surface area contributed by atoms with E-state index in [9.17, 15) is 4.79 Å². The number of benzene rings is 1. The Bertz CT molecular complexity index is 544. The maximum Gasteiger partial charge on any atom is 0.349 e. The monoisotopic (exact) mass is 283 g/mol. The molecule has 0 amide bonds. The van der Waals surface area contributed by atoms with Gasteiger partial charge in [-0.1, -0.05) is 35.3 Å². The third-order valence-corrected chi connectivity index (χ3v) is 3.14. The van der Waals surface area contributed by atoms with Crippen molar-refractivity contribution < 1.29 is 9.53 Å². The summed E-state index contributed by atoms with van der Waals surface area (Å²) in [5.41, 5.74) is 0.929. The summed E-state index contributed by atoms with van der Waals surface area (Å²) in [7, 11) is 0. The van der Waals surface area contributed by atoms with Gasteiger partial charge in [-0.25, -0.2) is 4.79 Å². The number of nitrogens with zero attached hydrogens (tertiary/aromatic N) is 1. The highest BCUT2D eigenvalue weighted by Gasteiger charge is 2.17. The Morgan fingerprint density at radius 1 is 1.44 bits per heavy atom. The van der Waals surface area contributed by atoms with Crippen molar-refractivity contribution in [2.75, 3.05) is 6.61 Å². The first-order valence-corrected chi connectivity index (χ1v) is 6.01. The van der Waals surface area contributed by atoms with E-state index in [2.05, 4.69) is 0 Å². The lowest BCUT2D eigenvalue weighted by molar-refractivity contribution is -0.137. The summed E-state index contributed by atoms with van der Waals surface area (Å²) in [6.45, 7) is 3.52. The van der Waals surface area contributed by atoms with Gasteiger partial charge in [-0.15, -0.1) is 0 Å². The predicted octanol–water partition coefficient (Wildman–Crippen LogP) is 3.85. The highest BCUT2D eigenvalue weighted by molar-refractivity contribution is 6.43. The van der Waals surface area contributed by atoms with Gasteiger partial charge in [0.15, 0.2) is 0 Å². The molecular weight excluding hydrogens is 273 g/mol. The number of halogens is 2. The zero-order valence-corrected chi connectivity index (χ0v) is 11.5. The number of carbonyl (C=O) groups excluding carboxylic acids is 1. The molecule has 0 bridgehead atoms. The van der Waals surface area contributed by atoms with Crippen molar-refractivity contribution >= 4 is 34.7 Å². The van der Waals surface area contributed by atoms with Gasteiger partial charge in [0.1, 0.15) is 11.6 Å². The van der Waals surface area contributed by atoms with Gasteiger partial charge >= 0.3 is 5.97 Å². The second kappa shape index (κ2) is 6.44. The third kappa shape index (κ3) is 3.04. The molecular formula is C13H11Cl2NO2. The second-order valence-corrected chi connectivity index (χ2v) is 4.22. The van der Waals surface area contributed by atoms with Gasteiger partial charge in [-0.3, -0.25) is 0 Å². The van der Waals surface area contributed by atoms with Crippen molar-refractivity contribution in [3.8, 4) is 6.07 Å². The van der Waals surface area contributed by atoms with E-state index in [0.717, 1.165) is 0 Å². The normalized spacial score (nSPS) is 11.5. The number of rotatable bonds is 3. The summed E-state index contributed by atoms with van der Waals surface area (Å²) < 4.78 is 4.81. The summed E-state index contributed by atoms with van der Waals surface area (Å²) in [4.78, 5) is 11.6. The molecule has 3 nitrogen and oxygen atoms in total. The van der Waals surface area contributed by atoms with E-state index in [1.165, 1.54) is 0 Å². The first-order valence-electron chi connectivity index (χ1n) is 5.25. The fraction of sp³-hybridized carbons (Fsp3) is 0.231. The van der Waals surface area contributed by atoms with Crippen LogP contribution < -0.4 is 0 Å². The number of hydrogen-bond donors (Lipinski definition) is 0. The average Bonchev–Trinajstić information content (AvgIpc) is 2.33. The van der Waals surface area contributed by atoms with Crippen molar-refractivity contribution in [1.82, 2.24) is 0 Å². The van der Waals surface area contributed by atoms with Crippen LogP contribution in [0.15, 0.2) is 23.8 Å². The number of hydrogen-bond acceptors (Lipinski definition) is 3. The number of esters is 1. The minimum Gasteiger partial charge on any atom is -0.462 e. The number of allylic oxidation sites excluding steroid dienone is 1. The van der Waals surface area contributed by atoms with E-state index in [4.69, 9.17) is 33.2 Å². The molecule has 0 heterocycles. The van der Waals surface area contributed by atoms with Gasteiger partial charge in [0.2, 0.25) is 0 Å². The molecule has 0 saturated heterocycles. The average molecular weight is 284 g/mol. The minimum atomic E-state index is -0.659. The molecule has 0 atom stereocenters. The van der Waals surface area contributed by atoms with Gasteiger partial charge in [-0.2, -0.15) is 5.26 Å². The molecule has 5 heteroatoms. The van der Waals surface area contributed by atoms with Crippen LogP contribution >= 0.6 is 23.2 Å². The lowest BCUT2D eigenvalue weighted by Gasteiger charge is -2.08. The van der Waals surface area contributed by atoms with Crippen LogP contribution in [0.3, 0.4) is 0 Å². The van der Waals surface area contributed by atoms with Gasteiger partial charge in [0.05, 0.1) is 16.7 Å². The molecule has 1 rings (SSSR count). The van der Waals surface area contributed by atoms with E-state index in [-0.39, 0.29) is 12.2 Å². The molecule has 0 aliphatic heterocycles. The van der Waals surface area contributed by atoms with Crippen LogP contribution in [-0.4, -0.2) is 12.6 Å². The molecule has 94 valence electrons. The van der Waals surface area contributed by atoms with Crippen LogP contribution in [0.1, 0.15) is 19.4 Å². The fourth-order valence-corrected chi connectivity index (χ4v) is 1.86. The molecule has 1 aromatic rings. The second-order valence-electron chi connectivity index (χ2n) is 3.43. The van der Waals surface area contributed by atoms with Crippen LogP contribution in [0.2, 0.25) is 10.0 Å². The maximum absolute atomic E-state index is 11.6. The number of carbonyl (C=O) groups is 1. The Hall–Kier alpha value is -1.50. The molecule has 18 heavy (non-hydrogen) atoms. The van der Waals surface area contributed by atoms with E-state index in [0.29, 0.717) is 21.2 Å². The number of nitriles is 1.